The molecular formula is C32H61N3O9. The van der Waals surface area contributed by atoms with Crippen molar-refractivity contribution in [2.75, 3.05) is 34.7 Å². The molecule has 13 unspecified atom stereocenters. The van der Waals surface area contributed by atoms with Gasteiger partial charge in [0, 0.05) is 38.0 Å². The van der Waals surface area contributed by atoms with Crippen LogP contribution in [0.3, 0.4) is 0 Å². The van der Waals surface area contributed by atoms with Gasteiger partial charge >= 0.3 is 12.1 Å². The third-order valence-electron chi connectivity index (χ3n) is 9.80. The maximum Gasteiger partial charge on any atom is 0.407 e. The zero-order valence-electron chi connectivity index (χ0n) is 29.1. The largest absolute Gasteiger partial charge is 0.459 e. The number of hydrogen-bond acceptors (Lipinski definition) is 11. The molecule has 0 aromatic carbocycles. The number of nitrogens with one attached hydrogen (secondary N) is 1. The lowest BCUT2D eigenvalue weighted by atomic mass is 9.78. The van der Waals surface area contributed by atoms with Crippen molar-refractivity contribution in [3.63, 3.8) is 0 Å². The minimum atomic E-state index is -1.76. The van der Waals surface area contributed by atoms with Gasteiger partial charge in [0.1, 0.15) is 23.9 Å². The van der Waals surface area contributed by atoms with E-state index >= 15 is 0 Å². The number of cyclic esters (lactones) is 1. The highest BCUT2D eigenvalue weighted by atomic mass is 16.7. The van der Waals surface area contributed by atoms with Crippen LogP contribution in [0.5, 0.6) is 0 Å². The molecule has 2 rings (SSSR count). The fourth-order valence-electron chi connectivity index (χ4n) is 7.06. The van der Waals surface area contributed by atoms with Crippen LogP contribution >= 0.6 is 0 Å². The predicted octanol–water partition coefficient (Wildman–Crippen LogP) is 2.37. The van der Waals surface area contributed by atoms with E-state index in [1.807, 2.05) is 46.8 Å². The van der Waals surface area contributed by atoms with Crippen molar-refractivity contribution in [3.8, 4) is 0 Å². The van der Waals surface area contributed by atoms with E-state index in [2.05, 4.69) is 10.2 Å². The topological polar surface area (TPSA) is 150 Å². The molecule has 2 fully saturated rings. The maximum absolute atomic E-state index is 13.7. The first-order valence-corrected chi connectivity index (χ1v) is 16.2. The predicted molar refractivity (Wildman–Crippen MR) is 167 cm³/mol. The van der Waals surface area contributed by atoms with Crippen molar-refractivity contribution >= 4 is 12.1 Å². The molecule has 2 aliphatic heterocycles. The van der Waals surface area contributed by atoms with Gasteiger partial charge in [-0.25, -0.2) is 4.79 Å². The molecule has 4 N–H and O–H groups in total. The van der Waals surface area contributed by atoms with Gasteiger partial charge in [-0.15, -0.1) is 0 Å². The van der Waals surface area contributed by atoms with Crippen molar-refractivity contribution in [1.29, 1.82) is 0 Å². The van der Waals surface area contributed by atoms with Gasteiger partial charge in [0.15, 0.2) is 6.29 Å². The molecule has 0 aromatic rings. The molecule has 1 amide bonds. The van der Waals surface area contributed by atoms with Crippen LogP contribution in [0.15, 0.2) is 0 Å². The molecule has 12 nitrogen and oxygen atoms in total. The normalized spacial score (nSPS) is 43.9. The quantitative estimate of drug-likeness (QED) is 0.331. The summed E-state index contributed by atoms with van der Waals surface area (Å²) in [5.41, 5.74) is -3.20. The lowest BCUT2D eigenvalue weighted by Crippen LogP contribution is -2.59. The number of aliphatic hydroxyl groups is 3. The Kier molecular flexibility index (Phi) is 13.9. The molecule has 0 spiro atoms. The summed E-state index contributed by atoms with van der Waals surface area (Å²) >= 11 is 0. The summed E-state index contributed by atoms with van der Waals surface area (Å²) < 4.78 is 24.5. The number of likely N-dealkylation sites (N-methyl/N-ethyl adjacent to an activating group) is 1. The van der Waals surface area contributed by atoms with Crippen LogP contribution < -0.4 is 5.32 Å². The summed E-state index contributed by atoms with van der Waals surface area (Å²) in [4.78, 5) is 30.4. The standard InChI is InChI=1S/C32H61N3O9/c1-13-24-32(8,40)27(36)22(6)35(12)17-18(2)16-31(7,39)28(43-25-15-23(34(10)11)14-19(3)41-25)20(4)26(44-30(38)33-9)21(5)29(37)42-24/h18-28,36,39-40H,13-17H2,1-12H3,(H,33,38). The van der Waals surface area contributed by atoms with Crippen molar-refractivity contribution in [1.82, 2.24) is 15.1 Å². The number of ether oxygens (including phenoxy) is 4. The Morgan fingerprint density at radius 2 is 1.75 bits per heavy atom. The van der Waals surface area contributed by atoms with Gasteiger partial charge in [0.2, 0.25) is 0 Å². The average Bonchev–Trinajstić information content (AvgIpc) is 2.94. The molecule has 2 aliphatic rings. The number of esters is 1. The zero-order valence-corrected chi connectivity index (χ0v) is 29.1. The second-order valence-corrected chi connectivity index (χ2v) is 14.1. The Morgan fingerprint density at radius 1 is 1.14 bits per heavy atom. The third kappa shape index (κ3) is 9.49. The van der Waals surface area contributed by atoms with Crippen LogP contribution in [0.2, 0.25) is 0 Å². The van der Waals surface area contributed by atoms with Gasteiger partial charge in [-0.1, -0.05) is 20.8 Å². The summed E-state index contributed by atoms with van der Waals surface area (Å²) in [5, 5.41) is 37.4. The minimum absolute atomic E-state index is 0.0743. The van der Waals surface area contributed by atoms with Crippen LogP contribution in [-0.2, 0) is 23.7 Å². The van der Waals surface area contributed by atoms with E-state index in [9.17, 15) is 24.9 Å². The van der Waals surface area contributed by atoms with Crippen molar-refractivity contribution in [3.05, 3.63) is 0 Å². The highest BCUT2D eigenvalue weighted by Gasteiger charge is 2.50. The number of hydrogen-bond donors (Lipinski definition) is 4. The van der Waals surface area contributed by atoms with E-state index in [4.69, 9.17) is 18.9 Å². The second kappa shape index (κ2) is 15.8. The Morgan fingerprint density at radius 3 is 2.30 bits per heavy atom. The molecule has 0 bridgehead atoms. The maximum atomic E-state index is 13.7. The van der Waals surface area contributed by atoms with Gasteiger partial charge in [-0.3, -0.25) is 4.79 Å². The number of aliphatic hydroxyl groups excluding tert-OH is 1. The average molecular weight is 632 g/mol. The summed E-state index contributed by atoms with van der Waals surface area (Å²) in [6.45, 7) is 14.6. The van der Waals surface area contributed by atoms with Crippen LogP contribution in [0.1, 0.15) is 81.1 Å². The Bertz CT molecular complexity index is 933. The molecule has 2 saturated heterocycles. The van der Waals surface area contributed by atoms with Crippen LogP contribution in [0.25, 0.3) is 0 Å². The molecular weight excluding hydrogens is 570 g/mol. The SMILES string of the molecule is CCC1OC(=O)C(C)C(OC(=O)NC)C(C)C(OC2CC(N(C)C)CC(C)O2)C(C)(O)CC(C)CN(C)C(C)C(O)C1(C)O. The van der Waals surface area contributed by atoms with Crippen molar-refractivity contribution in [2.45, 2.75) is 141 Å². The number of carbonyl (C=O) groups excluding carboxylic acids is 2. The van der Waals surface area contributed by atoms with Gasteiger partial charge in [-0.05, 0) is 80.9 Å². The molecule has 0 aliphatic carbocycles. The first-order chi connectivity index (χ1) is 20.3. The number of nitrogens with zero attached hydrogens (tertiary/aromatic N) is 2. The van der Waals surface area contributed by atoms with E-state index in [0.717, 1.165) is 6.42 Å². The molecule has 0 aromatic heterocycles. The number of amides is 1. The lowest BCUT2D eigenvalue weighted by molar-refractivity contribution is -0.267. The summed E-state index contributed by atoms with van der Waals surface area (Å²) in [5.74, 6) is -2.48. The molecule has 12 heteroatoms. The summed E-state index contributed by atoms with van der Waals surface area (Å²) in [6.07, 6.45) is -3.75. The molecule has 2 heterocycles. The van der Waals surface area contributed by atoms with E-state index in [1.54, 1.807) is 27.7 Å². The van der Waals surface area contributed by atoms with Gasteiger partial charge in [0.25, 0.3) is 0 Å². The fraction of sp³-hybridized carbons (Fsp3) is 0.938. The third-order valence-corrected chi connectivity index (χ3v) is 9.80. The van der Waals surface area contributed by atoms with E-state index < -0.39 is 71.8 Å². The second-order valence-electron chi connectivity index (χ2n) is 14.1. The molecule has 258 valence electrons. The Labute approximate surface area is 264 Å². The number of alkyl carbamates (subject to hydrolysis) is 1. The van der Waals surface area contributed by atoms with Crippen LogP contribution in [-0.4, -0.2) is 132 Å². The Balaban J connectivity index is 2.63. The van der Waals surface area contributed by atoms with Crippen molar-refractivity contribution < 1.29 is 43.9 Å². The summed E-state index contributed by atoms with van der Waals surface area (Å²) in [6, 6.07) is -0.291. The van der Waals surface area contributed by atoms with Crippen LogP contribution in [0, 0.1) is 17.8 Å². The highest BCUT2D eigenvalue weighted by Crippen LogP contribution is 2.37. The van der Waals surface area contributed by atoms with E-state index in [1.165, 1.54) is 14.0 Å². The number of rotatable bonds is 5. The zero-order chi connectivity index (χ0) is 33.7. The van der Waals surface area contributed by atoms with Gasteiger partial charge in [-0.2, -0.15) is 0 Å². The highest BCUT2D eigenvalue weighted by molar-refractivity contribution is 5.74. The van der Waals surface area contributed by atoms with E-state index in [-0.39, 0.29) is 24.5 Å². The summed E-state index contributed by atoms with van der Waals surface area (Å²) in [7, 11) is 7.31. The Hall–Kier alpha value is -1.54. The van der Waals surface area contributed by atoms with Crippen LogP contribution in [0.4, 0.5) is 4.79 Å². The number of carbonyl (C=O) groups is 2. The van der Waals surface area contributed by atoms with Gasteiger partial charge < -0.3 is 49.4 Å². The first kappa shape index (κ1) is 38.6. The molecule has 44 heavy (non-hydrogen) atoms. The first-order valence-electron chi connectivity index (χ1n) is 16.2. The van der Waals surface area contributed by atoms with Crippen molar-refractivity contribution in [2.24, 2.45) is 17.8 Å². The minimum Gasteiger partial charge on any atom is -0.459 e. The smallest absolute Gasteiger partial charge is 0.407 e. The lowest BCUT2D eigenvalue weighted by Gasteiger charge is -2.45. The van der Waals surface area contributed by atoms with Gasteiger partial charge in [0.05, 0.1) is 23.7 Å². The fourth-order valence-corrected chi connectivity index (χ4v) is 7.06. The monoisotopic (exact) mass is 631 g/mol. The molecule has 0 radical (unpaired) electrons. The van der Waals surface area contributed by atoms with E-state index in [0.29, 0.717) is 19.4 Å². The molecule has 13 atom stereocenters. The molecule has 0 saturated carbocycles.